The van der Waals surface area contributed by atoms with E-state index in [0.717, 1.165) is 44.5 Å². The van der Waals surface area contributed by atoms with Gasteiger partial charge in [0, 0.05) is 44.1 Å². The molecule has 0 radical (unpaired) electrons. The molecule has 0 spiro atoms. The molecule has 4 rings (SSSR count). The number of pyridine rings is 1. The highest BCUT2D eigenvalue weighted by Crippen LogP contribution is 2.33. The maximum Gasteiger partial charge on any atom is 0.134 e. The SMILES string of the molecule is c1cncc(CN(c2cc(N3CCOCC3)ncn2)C2CC2)c1. The third-order valence-corrected chi connectivity index (χ3v) is 4.33. The fourth-order valence-electron chi connectivity index (χ4n) is 2.93. The van der Waals surface area contributed by atoms with Gasteiger partial charge in [0.2, 0.25) is 0 Å². The Kier molecular flexibility index (Phi) is 4.06. The Labute approximate surface area is 136 Å². The van der Waals surface area contributed by atoms with Gasteiger partial charge < -0.3 is 14.5 Å². The maximum absolute atomic E-state index is 5.42. The van der Waals surface area contributed by atoms with Gasteiger partial charge in [-0.1, -0.05) is 6.07 Å². The monoisotopic (exact) mass is 311 g/mol. The fraction of sp³-hybridized carbons (Fsp3) is 0.471. The molecule has 2 aromatic heterocycles. The first kappa shape index (κ1) is 14.4. The van der Waals surface area contributed by atoms with Gasteiger partial charge in [-0.05, 0) is 24.5 Å². The largest absolute Gasteiger partial charge is 0.378 e. The Morgan fingerprint density at radius 3 is 2.83 bits per heavy atom. The number of hydrogen-bond donors (Lipinski definition) is 0. The van der Waals surface area contributed by atoms with Crippen LogP contribution in [0.2, 0.25) is 0 Å². The van der Waals surface area contributed by atoms with Crippen molar-refractivity contribution in [2.24, 2.45) is 0 Å². The Morgan fingerprint density at radius 1 is 1.22 bits per heavy atom. The average Bonchev–Trinajstić information content (AvgIpc) is 3.46. The lowest BCUT2D eigenvalue weighted by atomic mass is 10.2. The molecule has 23 heavy (non-hydrogen) atoms. The lowest BCUT2D eigenvalue weighted by Crippen LogP contribution is -2.37. The zero-order valence-electron chi connectivity index (χ0n) is 13.1. The van der Waals surface area contributed by atoms with Gasteiger partial charge in [0.05, 0.1) is 13.2 Å². The predicted molar refractivity (Wildman–Crippen MR) is 88.5 cm³/mol. The second-order valence-corrected chi connectivity index (χ2v) is 6.05. The molecular formula is C17H21N5O. The minimum Gasteiger partial charge on any atom is -0.378 e. The van der Waals surface area contributed by atoms with Crippen LogP contribution in [-0.2, 0) is 11.3 Å². The standard InChI is InChI=1S/C17H21N5O/c1-2-14(11-18-5-1)12-22(15-3-4-15)17-10-16(19-13-20-17)21-6-8-23-9-7-21/h1-2,5,10-11,13,15H,3-4,6-9,12H2. The van der Waals surface area contributed by atoms with E-state index in [0.29, 0.717) is 6.04 Å². The first-order chi connectivity index (χ1) is 11.4. The zero-order chi connectivity index (χ0) is 15.5. The minimum absolute atomic E-state index is 0.586. The molecule has 0 aromatic carbocycles. The second kappa shape index (κ2) is 6.50. The predicted octanol–water partition coefficient (Wildman–Crippen LogP) is 1.88. The van der Waals surface area contributed by atoms with Crippen LogP contribution >= 0.6 is 0 Å². The summed E-state index contributed by atoms with van der Waals surface area (Å²) in [4.78, 5) is 17.8. The van der Waals surface area contributed by atoms with Crippen molar-refractivity contribution in [2.75, 3.05) is 36.1 Å². The Balaban J connectivity index is 1.56. The molecule has 120 valence electrons. The fourth-order valence-corrected chi connectivity index (χ4v) is 2.93. The van der Waals surface area contributed by atoms with Crippen LogP contribution in [-0.4, -0.2) is 47.3 Å². The third-order valence-electron chi connectivity index (χ3n) is 4.33. The van der Waals surface area contributed by atoms with Crippen LogP contribution in [0.15, 0.2) is 36.9 Å². The van der Waals surface area contributed by atoms with Crippen molar-refractivity contribution in [3.8, 4) is 0 Å². The van der Waals surface area contributed by atoms with E-state index < -0.39 is 0 Å². The van der Waals surface area contributed by atoms with Gasteiger partial charge >= 0.3 is 0 Å². The third kappa shape index (κ3) is 3.42. The molecule has 0 N–H and O–H groups in total. The van der Waals surface area contributed by atoms with Gasteiger partial charge in [-0.25, -0.2) is 9.97 Å². The molecule has 0 unspecified atom stereocenters. The molecule has 2 aliphatic rings. The molecule has 2 aromatic rings. The summed E-state index contributed by atoms with van der Waals surface area (Å²) < 4.78 is 5.42. The van der Waals surface area contributed by atoms with Crippen molar-refractivity contribution in [3.05, 3.63) is 42.5 Å². The highest BCUT2D eigenvalue weighted by atomic mass is 16.5. The Hall–Kier alpha value is -2.21. The van der Waals surface area contributed by atoms with Gasteiger partial charge in [-0.2, -0.15) is 0 Å². The number of nitrogens with zero attached hydrogens (tertiary/aromatic N) is 5. The summed E-state index contributed by atoms with van der Waals surface area (Å²) in [7, 11) is 0. The lowest BCUT2D eigenvalue weighted by Gasteiger charge is -2.29. The summed E-state index contributed by atoms with van der Waals surface area (Å²) in [6, 6.07) is 6.80. The van der Waals surface area contributed by atoms with Crippen LogP contribution in [0.1, 0.15) is 18.4 Å². The summed E-state index contributed by atoms with van der Waals surface area (Å²) in [6.45, 7) is 4.16. The number of hydrogen-bond acceptors (Lipinski definition) is 6. The van der Waals surface area contributed by atoms with Crippen LogP contribution < -0.4 is 9.80 Å². The molecule has 1 saturated heterocycles. The zero-order valence-corrected chi connectivity index (χ0v) is 13.1. The average molecular weight is 311 g/mol. The number of ether oxygens (including phenoxy) is 1. The van der Waals surface area contributed by atoms with Crippen molar-refractivity contribution < 1.29 is 4.74 Å². The highest BCUT2D eigenvalue weighted by Gasteiger charge is 2.30. The van der Waals surface area contributed by atoms with Crippen LogP contribution in [0.3, 0.4) is 0 Å². The molecule has 1 aliphatic carbocycles. The van der Waals surface area contributed by atoms with Crippen molar-refractivity contribution in [1.29, 1.82) is 0 Å². The number of rotatable bonds is 5. The number of aromatic nitrogens is 3. The van der Waals surface area contributed by atoms with E-state index in [9.17, 15) is 0 Å². The Morgan fingerprint density at radius 2 is 2.09 bits per heavy atom. The topological polar surface area (TPSA) is 54.4 Å². The van der Waals surface area contributed by atoms with Crippen LogP contribution in [0.4, 0.5) is 11.6 Å². The van der Waals surface area contributed by atoms with Gasteiger partial charge in [0.15, 0.2) is 0 Å². The second-order valence-electron chi connectivity index (χ2n) is 6.05. The van der Waals surface area contributed by atoms with E-state index in [1.165, 1.54) is 18.4 Å². The number of anilines is 2. The number of morpholine rings is 1. The van der Waals surface area contributed by atoms with Gasteiger partial charge in [0.1, 0.15) is 18.0 Å². The van der Waals surface area contributed by atoms with Gasteiger partial charge in [-0.15, -0.1) is 0 Å². The summed E-state index contributed by atoms with van der Waals surface area (Å²) in [5.41, 5.74) is 1.21. The molecule has 0 amide bonds. The molecule has 0 atom stereocenters. The van der Waals surface area contributed by atoms with Crippen molar-refractivity contribution >= 4 is 11.6 Å². The summed E-state index contributed by atoms with van der Waals surface area (Å²) in [5, 5.41) is 0. The quantitative estimate of drug-likeness (QED) is 0.840. The van der Waals surface area contributed by atoms with Crippen LogP contribution in [0.25, 0.3) is 0 Å². The van der Waals surface area contributed by atoms with E-state index >= 15 is 0 Å². The molecule has 6 nitrogen and oxygen atoms in total. The summed E-state index contributed by atoms with van der Waals surface area (Å²) >= 11 is 0. The van der Waals surface area contributed by atoms with Crippen molar-refractivity contribution in [3.63, 3.8) is 0 Å². The van der Waals surface area contributed by atoms with Crippen LogP contribution in [0.5, 0.6) is 0 Å². The maximum atomic E-state index is 5.42. The molecular weight excluding hydrogens is 290 g/mol. The molecule has 1 aliphatic heterocycles. The van der Waals surface area contributed by atoms with Crippen molar-refractivity contribution in [2.45, 2.75) is 25.4 Å². The van der Waals surface area contributed by atoms with E-state index in [4.69, 9.17) is 4.74 Å². The highest BCUT2D eigenvalue weighted by molar-refractivity contribution is 5.52. The van der Waals surface area contributed by atoms with E-state index in [-0.39, 0.29) is 0 Å². The molecule has 6 heteroatoms. The van der Waals surface area contributed by atoms with Crippen molar-refractivity contribution in [1.82, 2.24) is 15.0 Å². The van der Waals surface area contributed by atoms with E-state index in [1.807, 2.05) is 18.5 Å². The minimum atomic E-state index is 0.586. The summed E-state index contributed by atoms with van der Waals surface area (Å²) in [6.07, 6.45) is 7.89. The van der Waals surface area contributed by atoms with Gasteiger partial charge in [0.25, 0.3) is 0 Å². The molecule has 0 bridgehead atoms. The van der Waals surface area contributed by atoms with Gasteiger partial charge in [-0.3, -0.25) is 4.98 Å². The molecule has 2 fully saturated rings. The van der Waals surface area contributed by atoms with Crippen LogP contribution in [0, 0.1) is 0 Å². The first-order valence-corrected chi connectivity index (χ1v) is 8.20. The smallest absolute Gasteiger partial charge is 0.134 e. The summed E-state index contributed by atoms with van der Waals surface area (Å²) in [5.74, 6) is 2.00. The normalized spacial score (nSPS) is 18.0. The molecule has 3 heterocycles. The van der Waals surface area contributed by atoms with E-state index in [2.05, 4.69) is 36.9 Å². The Bertz CT molecular complexity index is 640. The first-order valence-electron chi connectivity index (χ1n) is 8.20. The molecule has 1 saturated carbocycles. The lowest BCUT2D eigenvalue weighted by molar-refractivity contribution is 0.122. The van der Waals surface area contributed by atoms with E-state index in [1.54, 1.807) is 6.33 Å².